The molecule has 0 aliphatic carbocycles. The van der Waals surface area contributed by atoms with Crippen molar-refractivity contribution in [3.63, 3.8) is 0 Å². The lowest BCUT2D eigenvalue weighted by Crippen LogP contribution is -2.12. The fourth-order valence-electron chi connectivity index (χ4n) is 2.43. The number of unbranched alkanes of at least 4 members (excludes halogenated alkanes) is 10. The Morgan fingerprint density at radius 1 is 0.864 bits per heavy atom. The maximum Gasteiger partial charge on any atom is 0.161 e. The molecule has 0 amide bonds. The van der Waals surface area contributed by atoms with Gasteiger partial charge in [-0.05, 0) is 27.2 Å². The summed E-state index contributed by atoms with van der Waals surface area (Å²) in [5.41, 5.74) is -0.675. The molecule has 0 aromatic carbocycles. The lowest BCUT2D eigenvalue weighted by atomic mass is 10.0. The fraction of sp³-hybridized carbons (Fsp3) is 0.947. The van der Waals surface area contributed by atoms with Crippen LogP contribution in [-0.4, -0.2) is 11.6 Å². The molecule has 0 aromatic rings. The molecule has 0 saturated heterocycles. The summed E-state index contributed by atoms with van der Waals surface area (Å²) < 4.78 is 0. The van der Waals surface area contributed by atoms with Gasteiger partial charge in [-0.1, -0.05) is 77.6 Å². The highest BCUT2D eigenvalue weighted by molar-refractivity contribution is 4.99. The van der Waals surface area contributed by atoms with Crippen molar-refractivity contribution in [2.24, 2.45) is 10.2 Å². The molecule has 1 atom stereocenters. The maximum absolute atomic E-state index is 8.88. The first kappa shape index (κ1) is 21.1. The molecule has 3 nitrogen and oxygen atoms in total. The van der Waals surface area contributed by atoms with Crippen LogP contribution in [-0.2, 0) is 0 Å². The van der Waals surface area contributed by atoms with Gasteiger partial charge in [0, 0.05) is 0 Å². The van der Waals surface area contributed by atoms with Crippen LogP contribution in [0.3, 0.4) is 0 Å². The van der Waals surface area contributed by atoms with Gasteiger partial charge in [-0.15, -0.1) is 0 Å². The number of nitrogens with zero attached hydrogens (tertiary/aromatic N) is 3. The molecule has 0 heterocycles. The van der Waals surface area contributed by atoms with Crippen molar-refractivity contribution in [3.8, 4) is 6.07 Å². The van der Waals surface area contributed by atoms with Crippen molar-refractivity contribution < 1.29 is 0 Å². The lowest BCUT2D eigenvalue weighted by Gasteiger charge is -2.09. The molecule has 128 valence electrons. The molecule has 0 rings (SSSR count). The van der Waals surface area contributed by atoms with Crippen LogP contribution in [0.5, 0.6) is 0 Å². The first-order chi connectivity index (χ1) is 10.5. The van der Waals surface area contributed by atoms with Crippen molar-refractivity contribution in [3.05, 3.63) is 0 Å². The van der Waals surface area contributed by atoms with Gasteiger partial charge in [0.1, 0.15) is 0 Å². The normalized spacial score (nSPS) is 13.4. The van der Waals surface area contributed by atoms with Crippen molar-refractivity contribution in [1.29, 1.82) is 5.26 Å². The maximum atomic E-state index is 8.88. The highest BCUT2D eigenvalue weighted by Crippen LogP contribution is 2.14. The van der Waals surface area contributed by atoms with E-state index in [1.54, 1.807) is 13.8 Å². The van der Waals surface area contributed by atoms with Crippen LogP contribution >= 0.6 is 0 Å². The minimum Gasteiger partial charge on any atom is -0.196 e. The summed E-state index contributed by atoms with van der Waals surface area (Å²) in [6.45, 7) is 7.96. The lowest BCUT2D eigenvalue weighted by molar-refractivity contribution is 0.509. The zero-order valence-electron chi connectivity index (χ0n) is 15.4. The Kier molecular flexibility index (Phi) is 13.2. The highest BCUT2D eigenvalue weighted by Gasteiger charge is 2.14. The molecule has 0 bridgehead atoms. The van der Waals surface area contributed by atoms with Crippen LogP contribution in [0.25, 0.3) is 0 Å². The van der Waals surface area contributed by atoms with Gasteiger partial charge in [0.05, 0.1) is 12.1 Å². The van der Waals surface area contributed by atoms with E-state index in [4.69, 9.17) is 5.26 Å². The van der Waals surface area contributed by atoms with Crippen LogP contribution in [0.1, 0.15) is 105 Å². The zero-order chi connectivity index (χ0) is 16.7. The van der Waals surface area contributed by atoms with E-state index in [0.717, 1.165) is 6.42 Å². The summed E-state index contributed by atoms with van der Waals surface area (Å²) in [6, 6.07) is 2.39. The van der Waals surface area contributed by atoms with E-state index in [0.29, 0.717) is 0 Å². The van der Waals surface area contributed by atoms with Gasteiger partial charge in [-0.2, -0.15) is 15.5 Å². The van der Waals surface area contributed by atoms with Gasteiger partial charge < -0.3 is 0 Å². The van der Waals surface area contributed by atoms with Gasteiger partial charge in [-0.25, -0.2) is 0 Å². The molecular formula is C19H37N3. The smallest absolute Gasteiger partial charge is 0.161 e. The molecule has 0 fully saturated rings. The Balaban J connectivity index is 3.38. The predicted octanol–water partition coefficient (Wildman–Crippen LogP) is 6.83. The summed E-state index contributed by atoms with van der Waals surface area (Å²) in [5, 5.41) is 17.2. The Hall–Kier alpha value is -0.910. The monoisotopic (exact) mass is 307 g/mol. The number of hydrogen-bond donors (Lipinski definition) is 0. The third-order valence-electron chi connectivity index (χ3n) is 4.00. The molecule has 0 spiro atoms. The first-order valence-corrected chi connectivity index (χ1v) is 9.35. The highest BCUT2D eigenvalue weighted by atomic mass is 15.2. The summed E-state index contributed by atoms with van der Waals surface area (Å²) in [4.78, 5) is 0. The second kappa shape index (κ2) is 13.7. The Morgan fingerprint density at radius 3 is 1.77 bits per heavy atom. The molecule has 0 saturated carbocycles. The largest absolute Gasteiger partial charge is 0.196 e. The van der Waals surface area contributed by atoms with E-state index in [1.165, 1.54) is 70.6 Å². The van der Waals surface area contributed by atoms with E-state index >= 15 is 0 Å². The van der Waals surface area contributed by atoms with E-state index in [1.807, 2.05) is 0 Å². The molecule has 22 heavy (non-hydrogen) atoms. The molecule has 0 N–H and O–H groups in total. The van der Waals surface area contributed by atoms with Crippen molar-refractivity contribution in [1.82, 2.24) is 0 Å². The summed E-state index contributed by atoms with van der Waals surface area (Å²) in [5.74, 6) is 0. The van der Waals surface area contributed by atoms with E-state index < -0.39 is 5.54 Å². The quantitative estimate of drug-likeness (QED) is 0.256. The van der Waals surface area contributed by atoms with Crippen molar-refractivity contribution in [2.75, 3.05) is 0 Å². The molecule has 3 heteroatoms. The van der Waals surface area contributed by atoms with Crippen LogP contribution in [0.2, 0.25) is 0 Å². The van der Waals surface area contributed by atoms with E-state index in [-0.39, 0.29) is 6.04 Å². The minimum atomic E-state index is -0.675. The molecular weight excluding hydrogens is 270 g/mol. The van der Waals surface area contributed by atoms with Crippen LogP contribution in [0, 0.1) is 11.3 Å². The Bertz CT molecular complexity index is 315. The van der Waals surface area contributed by atoms with E-state index in [2.05, 4.69) is 30.1 Å². The molecule has 0 aliphatic heterocycles. The number of azo groups is 1. The van der Waals surface area contributed by atoms with Crippen LogP contribution in [0.4, 0.5) is 0 Å². The fourth-order valence-corrected chi connectivity index (χ4v) is 2.43. The minimum absolute atomic E-state index is 0.242. The number of rotatable bonds is 14. The molecule has 0 aliphatic rings. The van der Waals surface area contributed by atoms with Crippen LogP contribution < -0.4 is 0 Å². The molecule has 0 aromatic heterocycles. The second-order valence-electron chi connectivity index (χ2n) is 7.06. The number of hydrogen-bond acceptors (Lipinski definition) is 3. The van der Waals surface area contributed by atoms with Gasteiger partial charge in [0.2, 0.25) is 0 Å². The van der Waals surface area contributed by atoms with Gasteiger partial charge in [0.25, 0.3) is 0 Å². The Labute approximate surface area is 138 Å². The van der Waals surface area contributed by atoms with Crippen molar-refractivity contribution in [2.45, 2.75) is 116 Å². The average molecular weight is 308 g/mol. The van der Waals surface area contributed by atoms with Crippen molar-refractivity contribution >= 4 is 0 Å². The Morgan fingerprint density at radius 2 is 1.32 bits per heavy atom. The SMILES string of the molecule is CCCCCCCCCCCCCC(C)/N=N/C(C)(C)C#N. The average Bonchev–Trinajstić information content (AvgIpc) is 2.50. The van der Waals surface area contributed by atoms with E-state index in [9.17, 15) is 0 Å². The molecule has 0 radical (unpaired) electrons. The third-order valence-corrected chi connectivity index (χ3v) is 4.00. The zero-order valence-corrected chi connectivity index (χ0v) is 15.4. The third kappa shape index (κ3) is 14.0. The topological polar surface area (TPSA) is 48.5 Å². The summed E-state index contributed by atoms with van der Waals surface area (Å²) in [6.07, 6.45) is 16.2. The van der Waals surface area contributed by atoms with Gasteiger partial charge >= 0.3 is 0 Å². The predicted molar refractivity (Wildman–Crippen MR) is 95.1 cm³/mol. The van der Waals surface area contributed by atoms with Gasteiger partial charge in [-0.3, -0.25) is 0 Å². The standard InChI is InChI=1S/C19H37N3/c1-5-6-7-8-9-10-11-12-13-14-15-16-18(2)21-22-19(3,4)17-20/h18H,5-16H2,1-4H3/b22-21+. The summed E-state index contributed by atoms with van der Waals surface area (Å²) >= 11 is 0. The molecule has 1 unspecified atom stereocenters. The van der Waals surface area contributed by atoms with Crippen LogP contribution in [0.15, 0.2) is 10.2 Å². The second-order valence-corrected chi connectivity index (χ2v) is 7.06. The number of nitriles is 1. The first-order valence-electron chi connectivity index (χ1n) is 9.35. The summed E-state index contributed by atoms with van der Waals surface area (Å²) in [7, 11) is 0. The van der Waals surface area contributed by atoms with Gasteiger partial charge in [0.15, 0.2) is 5.54 Å².